The third-order valence-electron chi connectivity index (χ3n) is 3.98. The molecule has 0 aromatic heterocycles. The molecule has 1 saturated heterocycles. The van der Waals surface area contributed by atoms with Crippen LogP contribution in [0, 0.1) is 5.92 Å². The van der Waals surface area contributed by atoms with Gasteiger partial charge in [0, 0.05) is 32.2 Å². The molecule has 2 heteroatoms. The maximum atomic E-state index is 5.61. The van der Waals surface area contributed by atoms with E-state index in [-0.39, 0.29) is 0 Å². The van der Waals surface area contributed by atoms with E-state index in [0.29, 0.717) is 18.1 Å². The van der Waals surface area contributed by atoms with E-state index in [1.165, 1.54) is 32.1 Å². The summed E-state index contributed by atoms with van der Waals surface area (Å²) in [6.07, 6.45) is 11.8. The molecule has 0 radical (unpaired) electrons. The largest absolute Gasteiger partial charge is 0.379 e. The number of likely N-dealkylation sites (tertiary alicyclic amines) is 1. The van der Waals surface area contributed by atoms with Gasteiger partial charge >= 0.3 is 0 Å². The quantitative estimate of drug-likeness (QED) is 0.481. The lowest BCUT2D eigenvalue weighted by Crippen LogP contribution is -2.29. The lowest BCUT2D eigenvalue weighted by atomic mass is 10.0. The Hall–Kier alpha value is -0.340. The zero-order chi connectivity index (χ0) is 13.4. The Morgan fingerprint density at radius 2 is 2.00 bits per heavy atom. The highest BCUT2D eigenvalue weighted by Gasteiger charge is 2.31. The Kier molecular flexibility index (Phi) is 7.60. The Morgan fingerprint density at radius 1 is 1.22 bits per heavy atom. The van der Waals surface area contributed by atoms with Gasteiger partial charge in [0.15, 0.2) is 0 Å². The molecule has 0 bridgehead atoms. The predicted octanol–water partition coefficient (Wildman–Crippen LogP) is 3.87. The summed E-state index contributed by atoms with van der Waals surface area (Å²) in [4.78, 5) is 2.51. The molecule has 1 aliphatic rings. The first-order valence-corrected chi connectivity index (χ1v) is 7.62. The first-order valence-electron chi connectivity index (χ1n) is 7.62. The Bertz CT molecular complexity index is 237. The van der Waals surface area contributed by atoms with Crippen LogP contribution >= 0.6 is 0 Å². The van der Waals surface area contributed by atoms with Crippen LogP contribution < -0.4 is 0 Å². The highest BCUT2D eigenvalue weighted by molar-refractivity contribution is 4.99. The van der Waals surface area contributed by atoms with Crippen molar-refractivity contribution in [3.8, 4) is 0 Å². The van der Waals surface area contributed by atoms with Crippen LogP contribution in [0.2, 0.25) is 0 Å². The molecule has 1 rings (SSSR count). The molecule has 106 valence electrons. The molecule has 0 aliphatic carbocycles. The minimum atomic E-state index is 0.388. The second kappa shape index (κ2) is 8.71. The van der Waals surface area contributed by atoms with Gasteiger partial charge in [-0.2, -0.15) is 0 Å². The van der Waals surface area contributed by atoms with Crippen LogP contribution in [0.3, 0.4) is 0 Å². The monoisotopic (exact) mass is 253 g/mol. The fourth-order valence-electron chi connectivity index (χ4n) is 2.65. The van der Waals surface area contributed by atoms with Crippen molar-refractivity contribution in [3.63, 3.8) is 0 Å². The van der Waals surface area contributed by atoms with Gasteiger partial charge in [-0.3, -0.25) is 4.90 Å². The molecule has 1 aliphatic heterocycles. The van der Waals surface area contributed by atoms with Gasteiger partial charge in [-0.05, 0) is 26.7 Å². The fourth-order valence-corrected chi connectivity index (χ4v) is 2.65. The first kappa shape index (κ1) is 15.7. The van der Waals surface area contributed by atoms with E-state index in [1.54, 1.807) is 0 Å². The van der Waals surface area contributed by atoms with Crippen LogP contribution in [0.15, 0.2) is 12.2 Å². The van der Waals surface area contributed by atoms with Crippen LogP contribution in [0.1, 0.15) is 52.9 Å². The first-order chi connectivity index (χ1) is 8.69. The Morgan fingerprint density at radius 3 is 2.61 bits per heavy atom. The van der Waals surface area contributed by atoms with Gasteiger partial charge in [0.1, 0.15) is 0 Å². The van der Waals surface area contributed by atoms with Gasteiger partial charge in [0.2, 0.25) is 0 Å². The van der Waals surface area contributed by atoms with Gasteiger partial charge in [-0.25, -0.2) is 0 Å². The molecule has 0 aromatic carbocycles. The minimum Gasteiger partial charge on any atom is -0.379 e. The van der Waals surface area contributed by atoms with Crippen molar-refractivity contribution in [3.05, 3.63) is 12.2 Å². The summed E-state index contributed by atoms with van der Waals surface area (Å²) in [6.45, 7) is 9.03. The molecular formula is C16H31NO. The van der Waals surface area contributed by atoms with Crippen molar-refractivity contribution in [1.29, 1.82) is 0 Å². The summed E-state index contributed by atoms with van der Waals surface area (Å²) in [5.41, 5.74) is 0. The molecular weight excluding hydrogens is 222 g/mol. The second-order valence-electron chi connectivity index (χ2n) is 5.76. The molecule has 1 fully saturated rings. The molecule has 2 atom stereocenters. The molecule has 2 unspecified atom stereocenters. The number of allylic oxidation sites excluding steroid dienone is 1. The number of hydrogen-bond acceptors (Lipinski definition) is 2. The molecule has 0 N–H and O–H groups in total. The van der Waals surface area contributed by atoms with Crippen molar-refractivity contribution in [2.24, 2.45) is 5.92 Å². The summed E-state index contributed by atoms with van der Waals surface area (Å²) in [6, 6.07) is 0.630. The van der Waals surface area contributed by atoms with Gasteiger partial charge in [0.05, 0.1) is 6.10 Å². The predicted molar refractivity (Wildman–Crippen MR) is 78.9 cm³/mol. The highest BCUT2D eigenvalue weighted by Crippen LogP contribution is 2.23. The molecule has 0 saturated carbocycles. The number of hydrogen-bond donors (Lipinski definition) is 0. The number of ether oxygens (including phenoxy) is 1. The number of nitrogens with zero attached hydrogens (tertiary/aromatic N) is 1. The second-order valence-corrected chi connectivity index (χ2v) is 5.76. The number of methoxy groups -OCH3 is 1. The minimum absolute atomic E-state index is 0.388. The SMILES string of the molecule is CCCCCC/C=C/C1CN(C(C)C)CC1OC. The van der Waals surface area contributed by atoms with E-state index in [9.17, 15) is 0 Å². The van der Waals surface area contributed by atoms with Crippen LogP contribution in [-0.4, -0.2) is 37.2 Å². The van der Waals surface area contributed by atoms with Crippen LogP contribution in [0.4, 0.5) is 0 Å². The van der Waals surface area contributed by atoms with E-state index >= 15 is 0 Å². The van der Waals surface area contributed by atoms with Crippen molar-refractivity contribution in [2.75, 3.05) is 20.2 Å². The average Bonchev–Trinajstić information content (AvgIpc) is 2.77. The average molecular weight is 253 g/mol. The van der Waals surface area contributed by atoms with Gasteiger partial charge in [0.25, 0.3) is 0 Å². The molecule has 0 aromatic rings. The Balaban J connectivity index is 2.29. The fraction of sp³-hybridized carbons (Fsp3) is 0.875. The maximum Gasteiger partial charge on any atom is 0.0773 e. The van der Waals surface area contributed by atoms with E-state index < -0.39 is 0 Å². The number of rotatable bonds is 8. The van der Waals surface area contributed by atoms with Gasteiger partial charge < -0.3 is 4.74 Å². The van der Waals surface area contributed by atoms with Crippen LogP contribution in [0.5, 0.6) is 0 Å². The van der Waals surface area contributed by atoms with Crippen molar-refractivity contribution < 1.29 is 4.74 Å². The zero-order valence-corrected chi connectivity index (χ0v) is 12.7. The van der Waals surface area contributed by atoms with E-state index in [1.807, 2.05) is 7.11 Å². The van der Waals surface area contributed by atoms with Crippen molar-refractivity contribution >= 4 is 0 Å². The normalized spacial score (nSPS) is 25.6. The molecule has 18 heavy (non-hydrogen) atoms. The standard InChI is InChI=1S/C16H31NO/c1-5-6-7-8-9-10-11-15-12-17(14(2)3)13-16(15)18-4/h10-11,14-16H,5-9,12-13H2,1-4H3/b11-10+. The third kappa shape index (κ3) is 5.11. The molecule has 0 amide bonds. The topological polar surface area (TPSA) is 12.5 Å². The lowest BCUT2D eigenvalue weighted by Gasteiger charge is -2.19. The van der Waals surface area contributed by atoms with Crippen molar-refractivity contribution in [2.45, 2.75) is 65.0 Å². The van der Waals surface area contributed by atoms with E-state index in [0.717, 1.165) is 13.1 Å². The summed E-state index contributed by atoms with van der Waals surface area (Å²) >= 11 is 0. The zero-order valence-electron chi connectivity index (χ0n) is 12.7. The maximum absolute atomic E-state index is 5.61. The highest BCUT2D eigenvalue weighted by atomic mass is 16.5. The van der Waals surface area contributed by atoms with Gasteiger partial charge in [-0.1, -0.05) is 38.3 Å². The van der Waals surface area contributed by atoms with Crippen molar-refractivity contribution in [1.82, 2.24) is 4.90 Å². The third-order valence-corrected chi connectivity index (χ3v) is 3.98. The van der Waals surface area contributed by atoms with E-state index in [2.05, 4.69) is 37.8 Å². The number of unbranched alkanes of at least 4 members (excludes halogenated alkanes) is 4. The van der Waals surface area contributed by atoms with Crippen LogP contribution in [0.25, 0.3) is 0 Å². The smallest absolute Gasteiger partial charge is 0.0773 e. The molecule has 0 spiro atoms. The summed E-state index contributed by atoms with van der Waals surface area (Å²) in [5.74, 6) is 0.587. The molecule has 1 heterocycles. The summed E-state index contributed by atoms with van der Waals surface area (Å²) < 4.78 is 5.61. The molecule has 2 nitrogen and oxygen atoms in total. The Labute approximate surface area is 113 Å². The lowest BCUT2D eigenvalue weighted by molar-refractivity contribution is 0.0880. The van der Waals surface area contributed by atoms with E-state index in [4.69, 9.17) is 4.74 Å². The van der Waals surface area contributed by atoms with Crippen LogP contribution in [-0.2, 0) is 4.74 Å². The summed E-state index contributed by atoms with van der Waals surface area (Å²) in [5, 5.41) is 0. The summed E-state index contributed by atoms with van der Waals surface area (Å²) in [7, 11) is 1.84. The van der Waals surface area contributed by atoms with Gasteiger partial charge in [-0.15, -0.1) is 0 Å².